The van der Waals surface area contributed by atoms with Gasteiger partial charge >= 0.3 is 23.9 Å². The van der Waals surface area contributed by atoms with E-state index in [4.69, 9.17) is 42.6 Å². The van der Waals surface area contributed by atoms with Crippen molar-refractivity contribution >= 4 is 30.2 Å². The Morgan fingerprint density at radius 2 is 1.39 bits per heavy atom. The van der Waals surface area contributed by atoms with Crippen molar-refractivity contribution in [1.29, 1.82) is 0 Å². The van der Waals surface area contributed by atoms with Gasteiger partial charge in [-0.2, -0.15) is 0 Å². The highest BCUT2D eigenvalue weighted by Gasteiger charge is 2.74. The fourth-order valence-corrected chi connectivity index (χ4v) is 16.0. The summed E-state index contributed by atoms with van der Waals surface area (Å²) < 4.78 is 54.3. The van der Waals surface area contributed by atoms with Crippen LogP contribution in [0.1, 0.15) is 114 Å². The maximum Gasteiger partial charge on any atom is 0.335 e. The molecule has 0 radical (unpaired) electrons. The van der Waals surface area contributed by atoms with Crippen LogP contribution in [0.3, 0.4) is 0 Å². The summed E-state index contributed by atoms with van der Waals surface area (Å²) in [5.74, 6) is -4.76. The summed E-state index contributed by atoms with van der Waals surface area (Å²) in [5, 5.41) is 109. The van der Waals surface area contributed by atoms with E-state index in [1.165, 1.54) is 13.8 Å². The number of aliphatic carboxylic acids is 1. The van der Waals surface area contributed by atoms with Gasteiger partial charge in [-0.05, 0) is 92.8 Å². The molecule has 0 aromatic heterocycles. The second-order valence-corrected chi connectivity index (χ2v) is 25.5. The van der Waals surface area contributed by atoms with Gasteiger partial charge in [-0.15, -0.1) is 0 Å². The first-order valence-corrected chi connectivity index (χ1v) is 27.8. The van der Waals surface area contributed by atoms with E-state index >= 15 is 0 Å². The van der Waals surface area contributed by atoms with E-state index in [0.29, 0.717) is 37.7 Å². The van der Waals surface area contributed by atoms with E-state index in [-0.39, 0.29) is 25.4 Å². The van der Waals surface area contributed by atoms with Crippen molar-refractivity contribution in [3.63, 3.8) is 0 Å². The first-order valence-electron chi connectivity index (χ1n) is 27.8. The van der Waals surface area contributed by atoms with Crippen LogP contribution in [0.25, 0.3) is 0 Å². The molecule has 3 aliphatic heterocycles. The third-order valence-electron chi connectivity index (χ3n) is 20.7. The Balaban J connectivity index is 1.15. The zero-order chi connectivity index (χ0) is 59.1. The number of aliphatic hydroxyl groups is 9. The van der Waals surface area contributed by atoms with Gasteiger partial charge in [0.05, 0.1) is 36.3 Å². The SMILES string of the molecule is C/C=C(\C)C(=O)O[C@H]1[C@H](OC(C)=O)[C@]2(COC(C)=O)[C@H](O)C[C@]3(C)C(=CC[C@@H]4[C@@]5(C)CC[C@H](O[C@@H]6O[C@H](C(=O)O)[C@@H](O)[C@H](O[C@@H]7OC[C@H](O)[C@H](O)[C@H]7O)[C@H]6O[C@@H]6O[C@H](CO)[C@H](O)[C@H](O)[C@H]6O)[C@@](C)(C=O)[C@@H]5CC[C@]43C)[C@@H]2CC1(C)C. The summed E-state index contributed by atoms with van der Waals surface area (Å²) in [6, 6.07) is 0. The van der Waals surface area contributed by atoms with Gasteiger partial charge in [0.1, 0.15) is 80.0 Å². The third kappa shape index (κ3) is 10.2. The zero-order valence-corrected chi connectivity index (χ0v) is 47.1. The van der Waals surface area contributed by atoms with Crippen molar-refractivity contribution in [3.8, 4) is 0 Å². The van der Waals surface area contributed by atoms with Crippen LogP contribution in [0.2, 0.25) is 0 Å². The maximum absolute atomic E-state index is 14.1. The summed E-state index contributed by atoms with van der Waals surface area (Å²) in [6.45, 7) is 16.1. The van der Waals surface area contributed by atoms with Gasteiger partial charge in [-0.1, -0.05) is 59.3 Å². The van der Waals surface area contributed by atoms with Gasteiger partial charge in [0.15, 0.2) is 31.1 Å². The Bertz CT molecular complexity index is 2400. The number of ether oxygens (including phenoxy) is 9. The van der Waals surface area contributed by atoms with Crippen molar-refractivity contribution in [3.05, 3.63) is 23.3 Å². The van der Waals surface area contributed by atoms with E-state index in [1.54, 1.807) is 26.8 Å². The van der Waals surface area contributed by atoms with Crippen LogP contribution in [0.5, 0.6) is 0 Å². The molecule has 10 N–H and O–H groups in total. The molecular formula is C56H84O24. The van der Waals surface area contributed by atoms with Gasteiger partial charge < -0.3 is 98.5 Å². The minimum absolute atomic E-state index is 0.130. The standard InChI is InChI=1S/C56H84O24/c1-11-24(2)47(71)80-44-45(74-26(4)60)56(23-73-25(3)59)28(18-51(44,5)6)27-12-13-32-52(7)16-15-34(53(8,22-58)31(52)14-17-54(32,9)55(27,10)19-33(56)62)76-50-43(79-49-39(67)37(65)36(64)30(20-57)75-49)41(40(68)42(78-50)46(69)70)77-48-38(66)35(63)29(61)21-72-48/h11-12,22,28-45,48-50,57,61-68H,13-21,23H2,1-10H3,(H,69,70)/b24-11+/t28-,29-,30+,31+,32+,33+,34-,35-,36-,37-,38+,39+,40-,41-,42-,43+,44-,45-,48-,49-,50+,52-,53-,54+,55+,56-/m0/s1. The lowest BCUT2D eigenvalue weighted by Crippen LogP contribution is -2.73. The highest BCUT2D eigenvalue weighted by Crippen LogP contribution is 2.76. The number of rotatable bonds is 14. The summed E-state index contributed by atoms with van der Waals surface area (Å²) in [6.07, 6.45) is -24.1. The molecule has 8 rings (SSSR count). The molecule has 4 saturated carbocycles. The fourth-order valence-electron chi connectivity index (χ4n) is 16.0. The first kappa shape index (κ1) is 62.5. The first-order chi connectivity index (χ1) is 37.3. The Kier molecular flexibility index (Phi) is 17.8. The van der Waals surface area contributed by atoms with Gasteiger partial charge in [-0.25, -0.2) is 9.59 Å². The van der Waals surface area contributed by atoms with Gasteiger partial charge in [0, 0.05) is 24.8 Å². The molecule has 24 nitrogen and oxygen atoms in total. The molecule has 7 fully saturated rings. The predicted octanol–water partition coefficient (Wildman–Crippen LogP) is 0.0954. The molecular weight excluding hydrogens is 1060 g/mol. The molecule has 80 heavy (non-hydrogen) atoms. The number of hydrogen-bond acceptors (Lipinski definition) is 23. The quantitative estimate of drug-likeness (QED) is 0.0275. The largest absolute Gasteiger partial charge is 0.479 e. The van der Waals surface area contributed by atoms with Crippen molar-refractivity contribution in [2.24, 2.45) is 50.2 Å². The number of carbonyl (C=O) groups is 5. The maximum atomic E-state index is 14.1. The number of hydrogen-bond donors (Lipinski definition) is 10. The Morgan fingerprint density at radius 3 is 2.00 bits per heavy atom. The monoisotopic (exact) mass is 1140 g/mol. The minimum atomic E-state index is -2.18. The molecule has 26 atom stereocenters. The average molecular weight is 1140 g/mol. The lowest BCUT2D eigenvalue weighted by molar-refractivity contribution is -0.391. The highest BCUT2D eigenvalue weighted by molar-refractivity contribution is 5.87. The molecule has 3 heterocycles. The molecule has 0 spiro atoms. The normalized spacial score (nSPS) is 49.1. The van der Waals surface area contributed by atoms with Crippen LogP contribution in [-0.4, -0.2) is 211 Å². The van der Waals surface area contributed by atoms with Gasteiger partial charge in [-0.3, -0.25) is 9.59 Å². The van der Waals surface area contributed by atoms with Gasteiger partial charge in [0.25, 0.3) is 0 Å². The van der Waals surface area contributed by atoms with Gasteiger partial charge in [0.2, 0.25) is 0 Å². The lowest BCUT2D eigenvalue weighted by atomic mass is 9.33. The highest BCUT2D eigenvalue weighted by atomic mass is 16.8. The van der Waals surface area contributed by atoms with E-state index < -0.39 is 192 Å². The molecule has 5 aliphatic carbocycles. The van der Waals surface area contributed by atoms with Crippen LogP contribution in [-0.2, 0) is 66.6 Å². The predicted molar refractivity (Wildman–Crippen MR) is 272 cm³/mol. The third-order valence-corrected chi connectivity index (χ3v) is 20.7. The number of fused-ring (bicyclic) bond motifs is 7. The number of aliphatic hydroxyl groups excluding tert-OH is 9. The molecule has 0 unspecified atom stereocenters. The minimum Gasteiger partial charge on any atom is -0.479 e. The fraction of sp³-hybridized carbons (Fsp3) is 0.839. The van der Waals surface area contributed by atoms with Crippen molar-refractivity contribution in [2.45, 2.75) is 225 Å². The zero-order valence-electron chi connectivity index (χ0n) is 47.1. The molecule has 0 aromatic rings. The van der Waals surface area contributed by atoms with E-state index in [2.05, 4.69) is 26.8 Å². The van der Waals surface area contributed by atoms with Crippen LogP contribution >= 0.6 is 0 Å². The number of carboxylic acid groups (broad SMARTS) is 1. The summed E-state index contributed by atoms with van der Waals surface area (Å²) in [7, 11) is 0. The Labute approximate surface area is 464 Å². The second-order valence-electron chi connectivity index (χ2n) is 25.5. The molecule has 0 amide bonds. The van der Waals surface area contributed by atoms with Crippen LogP contribution in [0.15, 0.2) is 23.3 Å². The molecule has 452 valence electrons. The van der Waals surface area contributed by atoms with Crippen LogP contribution in [0.4, 0.5) is 0 Å². The Hall–Kier alpha value is -3.57. The topological polar surface area (TPSA) is 371 Å². The molecule has 24 heteroatoms. The molecule has 0 aromatic carbocycles. The van der Waals surface area contributed by atoms with E-state index in [9.17, 15) is 75.0 Å². The molecule has 8 aliphatic rings. The van der Waals surface area contributed by atoms with E-state index in [1.807, 2.05) is 13.8 Å². The molecule has 3 saturated heterocycles. The number of allylic oxidation sites excluding steroid dienone is 3. The molecule has 0 bridgehead atoms. The Morgan fingerprint density at radius 1 is 0.725 bits per heavy atom. The van der Waals surface area contributed by atoms with Crippen LogP contribution in [0, 0.1) is 50.2 Å². The second kappa shape index (κ2) is 22.8. The summed E-state index contributed by atoms with van der Waals surface area (Å²) >= 11 is 0. The number of aldehydes is 1. The van der Waals surface area contributed by atoms with Crippen LogP contribution < -0.4 is 0 Å². The van der Waals surface area contributed by atoms with Crippen molar-refractivity contribution in [2.75, 3.05) is 19.8 Å². The van der Waals surface area contributed by atoms with E-state index in [0.717, 1.165) is 11.9 Å². The lowest BCUT2D eigenvalue weighted by Gasteiger charge is -2.72. The number of carbonyl (C=O) groups excluding carboxylic acids is 4. The van der Waals surface area contributed by atoms with Crippen molar-refractivity contribution < 1.29 is 118 Å². The summed E-state index contributed by atoms with van der Waals surface area (Å²) in [4.78, 5) is 66.4. The van der Waals surface area contributed by atoms with Crippen molar-refractivity contribution in [1.82, 2.24) is 0 Å². The number of esters is 3. The number of carboxylic acids is 1. The summed E-state index contributed by atoms with van der Waals surface area (Å²) in [5.41, 5.74) is -4.33. The smallest absolute Gasteiger partial charge is 0.335 e. The average Bonchev–Trinajstić information content (AvgIpc) is 3.50.